The molecule has 0 heterocycles. The van der Waals surface area contributed by atoms with E-state index in [1.54, 1.807) is 0 Å². The molecular weight excluding hydrogens is 296 g/mol. The van der Waals surface area contributed by atoms with E-state index in [0.717, 1.165) is 18.1 Å². The summed E-state index contributed by atoms with van der Waals surface area (Å²) in [5.41, 5.74) is -0.140. The van der Waals surface area contributed by atoms with Crippen molar-refractivity contribution in [2.24, 2.45) is 5.92 Å². The standard InChI is InChI=1S/C16H34O3Si2/c1-10-21(11-2,16(7,8)9)18-14(17)13(3)12-20-19-15(4,5)6/h13H,10-12H2,1-9H3. The summed E-state index contributed by atoms with van der Waals surface area (Å²) in [6, 6.07) is 2.70. The van der Waals surface area contributed by atoms with Gasteiger partial charge in [0.1, 0.15) is 0 Å². The number of hydrogen-bond donors (Lipinski definition) is 0. The first kappa shape index (κ1) is 20.9. The van der Waals surface area contributed by atoms with Crippen LogP contribution < -0.4 is 0 Å². The number of carbonyl (C=O) groups is 1. The van der Waals surface area contributed by atoms with Gasteiger partial charge in [-0.1, -0.05) is 41.5 Å². The minimum atomic E-state index is -2.03. The molecule has 3 nitrogen and oxygen atoms in total. The highest BCUT2D eigenvalue weighted by Crippen LogP contribution is 2.42. The summed E-state index contributed by atoms with van der Waals surface area (Å²) >= 11 is 0. The Hall–Kier alpha value is -0.136. The third-order valence-corrected chi connectivity index (χ3v) is 11.1. The van der Waals surface area contributed by atoms with Gasteiger partial charge in [0.25, 0.3) is 14.3 Å². The van der Waals surface area contributed by atoms with Crippen molar-refractivity contribution in [3.8, 4) is 0 Å². The predicted octanol–water partition coefficient (Wildman–Crippen LogP) is 4.80. The first-order valence-corrected chi connectivity index (χ1v) is 11.5. The Kier molecular flexibility index (Phi) is 7.87. The second-order valence-corrected chi connectivity index (χ2v) is 13.8. The first-order chi connectivity index (χ1) is 9.38. The van der Waals surface area contributed by atoms with Crippen molar-refractivity contribution in [2.75, 3.05) is 0 Å². The summed E-state index contributed by atoms with van der Waals surface area (Å²) in [6.45, 7) is 19.0. The van der Waals surface area contributed by atoms with Crippen LogP contribution in [-0.4, -0.2) is 29.7 Å². The summed E-state index contributed by atoms with van der Waals surface area (Å²) < 4.78 is 11.8. The Morgan fingerprint density at radius 3 is 1.90 bits per heavy atom. The zero-order valence-corrected chi connectivity index (χ0v) is 17.4. The van der Waals surface area contributed by atoms with Crippen molar-refractivity contribution in [3.05, 3.63) is 0 Å². The zero-order chi connectivity index (χ0) is 16.9. The highest BCUT2D eigenvalue weighted by atomic mass is 28.4. The van der Waals surface area contributed by atoms with Crippen molar-refractivity contribution in [1.29, 1.82) is 0 Å². The van der Waals surface area contributed by atoms with Gasteiger partial charge in [-0.25, -0.2) is 0 Å². The van der Waals surface area contributed by atoms with Crippen molar-refractivity contribution >= 4 is 24.0 Å². The van der Waals surface area contributed by atoms with Crippen LogP contribution in [0.4, 0.5) is 0 Å². The van der Waals surface area contributed by atoms with Crippen LogP contribution in [0.2, 0.25) is 23.2 Å². The Morgan fingerprint density at radius 2 is 1.57 bits per heavy atom. The summed E-state index contributed by atoms with van der Waals surface area (Å²) in [5.74, 6) is -0.122. The van der Waals surface area contributed by atoms with Crippen LogP contribution in [0.5, 0.6) is 0 Å². The molecule has 0 aliphatic heterocycles. The topological polar surface area (TPSA) is 35.5 Å². The van der Waals surface area contributed by atoms with E-state index in [1.807, 2.05) is 27.7 Å². The molecule has 21 heavy (non-hydrogen) atoms. The molecule has 0 saturated carbocycles. The minimum absolute atomic E-state index is 0.0368. The fourth-order valence-corrected chi connectivity index (χ4v) is 7.10. The number of carbonyl (C=O) groups excluding carboxylic acids is 1. The fraction of sp³-hybridized carbons (Fsp3) is 0.938. The van der Waals surface area contributed by atoms with Crippen LogP contribution in [0.1, 0.15) is 62.3 Å². The number of hydrogen-bond acceptors (Lipinski definition) is 3. The molecule has 0 bridgehead atoms. The van der Waals surface area contributed by atoms with Gasteiger partial charge in [0.15, 0.2) is 0 Å². The molecule has 0 saturated heterocycles. The molecule has 0 aromatic heterocycles. The smallest absolute Gasteiger partial charge is 0.295 e. The van der Waals surface area contributed by atoms with Crippen LogP contribution in [0.3, 0.4) is 0 Å². The molecule has 0 spiro atoms. The molecule has 0 aliphatic carbocycles. The van der Waals surface area contributed by atoms with Gasteiger partial charge >= 0.3 is 0 Å². The maximum absolute atomic E-state index is 12.4. The van der Waals surface area contributed by atoms with Crippen molar-refractivity contribution in [3.63, 3.8) is 0 Å². The lowest BCUT2D eigenvalue weighted by atomic mass is 10.2. The Balaban J connectivity index is 4.64. The molecule has 0 fully saturated rings. The van der Waals surface area contributed by atoms with E-state index < -0.39 is 8.32 Å². The summed E-state index contributed by atoms with van der Waals surface area (Å²) in [6.07, 6.45) is 0. The highest BCUT2D eigenvalue weighted by molar-refractivity contribution is 6.77. The molecule has 0 aliphatic rings. The van der Waals surface area contributed by atoms with Crippen LogP contribution in [-0.2, 0) is 13.6 Å². The SMILES string of the molecule is CC[Si](CC)(OC(=O)C(C)C[Si]OC(C)(C)C)C(C)(C)C. The van der Waals surface area contributed by atoms with Gasteiger partial charge in [0.05, 0.1) is 5.92 Å². The largest absolute Gasteiger partial charge is 0.518 e. The first-order valence-electron chi connectivity index (χ1n) is 8.02. The fourth-order valence-electron chi connectivity index (χ4n) is 2.37. The third-order valence-electron chi connectivity index (χ3n) is 3.98. The molecule has 0 aromatic rings. The molecule has 5 heteroatoms. The second-order valence-electron chi connectivity index (χ2n) is 7.84. The summed E-state index contributed by atoms with van der Waals surface area (Å²) in [5, 5.41) is 0.0794. The van der Waals surface area contributed by atoms with Gasteiger partial charge in [-0.2, -0.15) is 0 Å². The van der Waals surface area contributed by atoms with Gasteiger partial charge in [-0.15, -0.1) is 0 Å². The van der Waals surface area contributed by atoms with E-state index in [4.69, 9.17) is 8.85 Å². The van der Waals surface area contributed by atoms with Gasteiger partial charge in [0.2, 0.25) is 9.76 Å². The van der Waals surface area contributed by atoms with Gasteiger partial charge in [-0.3, -0.25) is 4.79 Å². The summed E-state index contributed by atoms with van der Waals surface area (Å²) in [7, 11) is -1.69. The average Bonchev–Trinajstić information content (AvgIpc) is 2.32. The molecule has 2 radical (unpaired) electrons. The molecular formula is C16H34O3Si2. The normalized spacial score (nSPS) is 14.9. The Morgan fingerprint density at radius 1 is 1.10 bits per heavy atom. The van der Waals surface area contributed by atoms with Crippen LogP contribution in [0, 0.1) is 5.92 Å². The molecule has 1 unspecified atom stereocenters. The third kappa shape index (κ3) is 6.65. The number of rotatable bonds is 7. The Labute approximate surface area is 135 Å². The lowest BCUT2D eigenvalue weighted by molar-refractivity contribution is -0.139. The molecule has 0 amide bonds. The van der Waals surface area contributed by atoms with E-state index in [0.29, 0.717) is 9.76 Å². The van der Waals surface area contributed by atoms with Gasteiger partial charge < -0.3 is 8.85 Å². The van der Waals surface area contributed by atoms with Crippen LogP contribution in [0.15, 0.2) is 0 Å². The minimum Gasteiger partial charge on any atom is -0.518 e. The molecule has 1 atom stereocenters. The average molecular weight is 331 g/mol. The quantitative estimate of drug-likeness (QED) is 0.629. The lowest BCUT2D eigenvalue weighted by Crippen LogP contribution is -2.48. The predicted molar refractivity (Wildman–Crippen MR) is 93.1 cm³/mol. The maximum Gasteiger partial charge on any atom is 0.295 e. The van der Waals surface area contributed by atoms with Crippen LogP contribution >= 0.6 is 0 Å². The Bertz CT molecular complexity index is 325. The monoisotopic (exact) mass is 330 g/mol. The van der Waals surface area contributed by atoms with Crippen LogP contribution in [0.25, 0.3) is 0 Å². The summed E-state index contributed by atoms with van der Waals surface area (Å²) in [4.78, 5) is 12.4. The molecule has 0 N–H and O–H groups in total. The second kappa shape index (κ2) is 7.93. The lowest BCUT2D eigenvalue weighted by Gasteiger charge is -2.41. The molecule has 0 rings (SSSR count). The van der Waals surface area contributed by atoms with Crippen molar-refractivity contribution < 1.29 is 13.6 Å². The van der Waals surface area contributed by atoms with E-state index >= 15 is 0 Å². The van der Waals surface area contributed by atoms with Crippen molar-refractivity contribution in [1.82, 2.24) is 0 Å². The van der Waals surface area contributed by atoms with E-state index in [1.165, 1.54) is 0 Å². The maximum atomic E-state index is 12.4. The molecule has 0 aromatic carbocycles. The van der Waals surface area contributed by atoms with E-state index in [2.05, 4.69) is 34.6 Å². The zero-order valence-electron chi connectivity index (χ0n) is 15.4. The van der Waals surface area contributed by atoms with E-state index in [-0.39, 0.29) is 22.5 Å². The van der Waals surface area contributed by atoms with Gasteiger partial charge in [0, 0.05) is 5.60 Å². The van der Waals surface area contributed by atoms with Crippen molar-refractivity contribution in [2.45, 2.75) is 91.1 Å². The molecule has 124 valence electrons. The van der Waals surface area contributed by atoms with Gasteiger partial charge in [-0.05, 0) is 43.9 Å². The van der Waals surface area contributed by atoms with E-state index in [9.17, 15) is 4.79 Å². The highest BCUT2D eigenvalue weighted by Gasteiger charge is 2.46.